The molecular formula is C17H27ClN2O. The van der Waals surface area contributed by atoms with Crippen LogP contribution in [0.3, 0.4) is 0 Å². The molecule has 2 unspecified atom stereocenters. The van der Waals surface area contributed by atoms with Gasteiger partial charge in [0.15, 0.2) is 0 Å². The fraction of sp³-hybridized carbons (Fsp3) is 0.647. The van der Waals surface area contributed by atoms with Crippen molar-refractivity contribution in [3.05, 3.63) is 34.9 Å². The van der Waals surface area contributed by atoms with Crippen molar-refractivity contribution < 1.29 is 5.11 Å². The molecule has 1 saturated heterocycles. The van der Waals surface area contributed by atoms with Crippen molar-refractivity contribution in [2.75, 3.05) is 33.2 Å². The molecular weight excluding hydrogens is 284 g/mol. The number of likely N-dealkylation sites (N-methyl/N-ethyl adjacent to an activating group) is 1. The lowest BCUT2D eigenvalue weighted by Crippen LogP contribution is -2.40. The van der Waals surface area contributed by atoms with E-state index in [9.17, 15) is 5.11 Å². The third-order valence-electron chi connectivity index (χ3n) is 4.45. The van der Waals surface area contributed by atoms with Crippen LogP contribution in [0.4, 0.5) is 0 Å². The molecule has 1 aromatic rings. The van der Waals surface area contributed by atoms with E-state index in [0.29, 0.717) is 11.1 Å². The first-order valence-electron chi connectivity index (χ1n) is 7.97. The van der Waals surface area contributed by atoms with Gasteiger partial charge in [-0.1, -0.05) is 36.7 Å². The standard InChI is InChI=1S/C17H27ClN2O/c1-3-14-13-19(2)10-6-11-20(14)12-9-17(21)15-7-4-5-8-16(15)18/h4-5,7-8,14,17,21H,3,6,9-13H2,1-2H3. The first-order chi connectivity index (χ1) is 10.1. The van der Waals surface area contributed by atoms with Crippen LogP contribution in [-0.4, -0.2) is 54.2 Å². The molecule has 4 heteroatoms. The smallest absolute Gasteiger partial charge is 0.0816 e. The predicted octanol–water partition coefficient (Wildman–Crippen LogP) is 3.18. The summed E-state index contributed by atoms with van der Waals surface area (Å²) < 4.78 is 0. The minimum absolute atomic E-state index is 0.475. The SMILES string of the molecule is CCC1CN(C)CCCN1CCC(O)c1ccccc1Cl. The van der Waals surface area contributed by atoms with Gasteiger partial charge in [-0.25, -0.2) is 0 Å². The van der Waals surface area contributed by atoms with Gasteiger partial charge in [0.05, 0.1) is 6.10 Å². The Hall–Kier alpha value is -0.610. The number of rotatable bonds is 5. The Labute approximate surface area is 133 Å². The Balaban J connectivity index is 1.93. The van der Waals surface area contributed by atoms with Crippen LogP contribution in [0, 0.1) is 0 Å². The fourth-order valence-electron chi connectivity index (χ4n) is 3.16. The highest BCUT2D eigenvalue weighted by Crippen LogP contribution is 2.25. The number of benzene rings is 1. The van der Waals surface area contributed by atoms with Gasteiger partial charge in [-0.15, -0.1) is 0 Å². The van der Waals surface area contributed by atoms with Gasteiger partial charge in [0.25, 0.3) is 0 Å². The Morgan fingerprint density at radius 1 is 1.33 bits per heavy atom. The lowest BCUT2D eigenvalue weighted by molar-refractivity contribution is 0.121. The average molecular weight is 311 g/mol. The molecule has 0 aliphatic carbocycles. The number of aliphatic hydroxyl groups excluding tert-OH is 1. The van der Waals surface area contributed by atoms with E-state index in [1.165, 1.54) is 13.0 Å². The minimum atomic E-state index is -0.475. The summed E-state index contributed by atoms with van der Waals surface area (Å²) in [6, 6.07) is 8.18. The minimum Gasteiger partial charge on any atom is -0.388 e. The van der Waals surface area contributed by atoms with Crippen LogP contribution in [0.2, 0.25) is 5.02 Å². The van der Waals surface area contributed by atoms with E-state index < -0.39 is 6.10 Å². The summed E-state index contributed by atoms with van der Waals surface area (Å²) in [5, 5.41) is 11.1. The second kappa shape index (κ2) is 8.14. The normalized spacial score (nSPS) is 23.0. The van der Waals surface area contributed by atoms with Crippen LogP contribution in [0.5, 0.6) is 0 Å². The number of halogens is 1. The molecule has 0 spiro atoms. The van der Waals surface area contributed by atoms with E-state index in [-0.39, 0.29) is 0 Å². The zero-order valence-corrected chi connectivity index (χ0v) is 13.9. The van der Waals surface area contributed by atoms with E-state index in [4.69, 9.17) is 11.6 Å². The summed E-state index contributed by atoms with van der Waals surface area (Å²) in [6.45, 7) is 6.59. The molecule has 2 rings (SSSR count). The summed E-state index contributed by atoms with van der Waals surface area (Å²) in [7, 11) is 2.20. The molecule has 1 fully saturated rings. The Morgan fingerprint density at radius 3 is 2.81 bits per heavy atom. The second-order valence-electron chi connectivity index (χ2n) is 6.04. The van der Waals surface area contributed by atoms with E-state index in [1.807, 2.05) is 24.3 Å². The molecule has 0 amide bonds. The number of hydrogen-bond acceptors (Lipinski definition) is 3. The number of nitrogens with zero attached hydrogens (tertiary/aromatic N) is 2. The van der Waals surface area contributed by atoms with Gasteiger partial charge in [-0.05, 0) is 51.0 Å². The average Bonchev–Trinajstić information content (AvgIpc) is 2.66. The molecule has 1 heterocycles. The lowest BCUT2D eigenvalue weighted by atomic mass is 10.1. The Kier molecular flexibility index (Phi) is 6.49. The van der Waals surface area contributed by atoms with Gasteiger partial charge in [0.1, 0.15) is 0 Å². The molecule has 3 nitrogen and oxygen atoms in total. The Bertz CT molecular complexity index is 441. The van der Waals surface area contributed by atoms with Crippen LogP contribution >= 0.6 is 11.6 Å². The van der Waals surface area contributed by atoms with Gasteiger partial charge in [-0.2, -0.15) is 0 Å². The molecule has 1 aliphatic heterocycles. The van der Waals surface area contributed by atoms with Crippen LogP contribution < -0.4 is 0 Å². The van der Waals surface area contributed by atoms with Gasteiger partial charge in [-0.3, -0.25) is 4.90 Å². The van der Waals surface area contributed by atoms with Crippen molar-refractivity contribution in [1.29, 1.82) is 0 Å². The molecule has 0 bridgehead atoms. The molecule has 118 valence electrons. The lowest BCUT2D eigenvalue weighted by Gasteiger charge is -2.30. The van der Waals surface area contributed by atoms with Gasteiger partial charge >= 0.3 is 0 Å². The van der Waals surface area contributed by atoms with Crippen molar-refractivity contribution >= 4 is 11.6 Å². The van der Waals surface area contributed by atoms with E-state index >= 15 is 0 Å². The van der Waals surface area contributed by atoms with Gasteiger partial charge in [0.2, 0.25) is 0 Å². The van der Waals surface area contributed by atoms with E-state index in [1.54, 1.807) is 0 Å². The van der Waals surface area contributed by atoms with Gasteiger partial charge < -0.3 is 10.0 Å². The molecule has 0 saturated carbocycles. The van der Waals surface area contributed by atoms with Crippen LogP contribution in [-0.2, 0) is 0 Å². The summed E-state index contributed by atoms with van der Waals surface area (Å²) in [5.41, 5.74) is 0.846. The fourth-order valence-corrected chi connectivity index (χ4v) is 3.43. The van der Waals surface area contributed by atoms with Crippen LogP contribution in [0.25, 0.3) is 0 Å². The Morgan fingerprint density at radius 2 is 2.10 bits per heavy atom. The molecule has 21 heavy (non-hydrogen) atoms. The molecule has 0 aromatic heterocycles. The van der Waals surface area contributed by atoms with Crippen molar-refractivity contribution in [2.45, 2.75) is 38.3 Å². The monoisotopic (exact) mass is 310 g/mol. The van der Waals surface area contributed by atoms with Crippen LogP contribution in [0.15, 0.2) is 24.3 Å². The maximum atomic E-state index is 10.4. The van der Waals surface area contributed by atoms with Crippen LogP contribution in [0.1, 0.15) is 37.9 Å². The molecule has 2 atom stereocenters. The van der Waals surface area contributed by atoms with E-state index in [2.05, 4.69) is 23.8 Å². The number of aliphatic hydroxyl groups is 1. The highest BCUT2D eigenvalue weighted by Gasteiger charge is 2.22. The van der Waals surface area contributed by atoms with Crippen molar-refractivity contribution in [2.24, 2.45) is 0 Å². The molecule has 1 aromatic carbocycles. The maximum absolute atomic E-state index is 10.4. The first kappa shape index (κ1) is 16.8. The molecule has 0 radical (unpaired) electrons. The predicted molar refractivity (Wildman–Crippen MR) is 88.8 cm³/mol. The highest BCUT2D eigenvalue weighted by molar-refractivity contribution is 6.31. The molecule has 1 aliphatic rings. The molecule has 1 N–H and O–H groups in total. The zero-order valence-electron chi connectivity index (χ0n) is 13.1. The second-order valence-corrected chi connectivity index (χ2v) is 6.45. The zero-order chi connectivity index (χ0) is 15.2. The number of hydrogen-bond donors (Lipinski definition) is 1. The quantitative estimate of drug-likeness (QED) is 0.905. The van der Waals surface area contributed by atoms with Crippen molar-refractivity contribution in [1.82, 2.24) is 9.80 Å². The van der Waals surface area contributed by atoms with Crippen molar-refractivity contribution in [3.63, 3.8) is 0 Å². The topological polar surface area (TPSA) is 26.7 Å². The highest BCUT2D eigenvalue weighted by atomic mass is 35.5. The van der Waals surface area contributed by atoms with Crippen molar-refractivity contribution in [3.8, 4) is 0 Å². The van der Waals surface area contributed by atoms with E-state index in [0.717, 1.165) is 38.0 Å². The van der Waals surface area contributed by atoms with Gasteiger partial charge in [0, 0.05) is 24.2 Å². The summed E-state index contributed by atoms with van der Waals surface area (Å²) >= 11 is 6.16. The third-order valence-corrected chi connectivity index (χ3v) is 4.79. The summed E-state index contributed by atoms with van der Waals surface area (Å²) in [4.78, 5) is 4.95. The largest absolute Gasteiger partial charge is 0.388 e. The summed E-state index contributed by atoms with van der Waals surface area (Å²) in [6.07, 6.45) is 2.63. The maximum Gasteiger partial charge on any atom is 0.0816 e. The first-order valence-corrected chi connectivity index (χ1v) is 8.34. The summed E-state index contributed by atoms with van der Waals surface area (Å²) in [5.74, 6) is 0. The third kappa shape index (κ3) is 4.68.